The van der Waals surface area contributed by atoms with Crippen LogP contribution in [0.1, 0.15) is 44.0 Å². The molecule has 0 atom stereocenters. The van der Waals surface area contributed by atoms with Gasteiger partial charge in [0, 0.05) is 18.2 Å². The van der Waals surface area contributed by atoms with Gasteiger partial charge in [-0.05, 0) is 44.5 Å². The molecule has 20 heavy (non-hydrogen) atoms. The maximum absolute atomic E-state index is 12.3. The maximum Gasteiger partial charge on any atom is 0.254 e. The van der Waals surface area contributed by atoms with Crippen molar-refractivity contribution in [2.45, 2.75) is 39.7 Å². The van der Waals surface area contributed by atoms with Crippen LogP contribution >= 0.6 is 0 Å². The summed E-state index contributed by atoms with van der Waals surface area (Å²) in [5.74, 6) is 0.724. The number of carbonyl (C=O) groups excluding carboxylic acids is 1. The lowest BCUT2D eigenvalue weighted by atomic mass is 10.1. The summed E-state index contributed by atoms with van der Waals surface area (Å²) in [5, 5.41) is 9.03. The van der Waals surface area contributed by atoms with Gasteiger partial charge >= 0.3 is 0 Å². The first-order valence-electron chi connectivity index (χ1n) is 7.24. The molecule has 0 aliphatic carbocycles. The van der Waals surface area contributed by atoms with Crippen molar-refractivity contribution >= 4 is 5.91 Å². The first-order valence-corrected chi connectivity index (χ1v) is 7.24. The van der Waals surface area contributed by atoms with E-state index in [1.54, 1.807) is 17.0 Å². The summed E-state index contributed by atoms with van der Waals surface area (Å²) >= 11 is 0. The van der Waals surface area contributed by atoms with Crippen molar-refractivity contribution in [3.8, 4) is 5.75 Å². The van der Waals surface area contributed by atoms with Gasteiger partial charge in [0.2, 0.25) is 0 Å². The van der Waals surface area contributed by atoms with Crippen LogP contribution in [0.3, 0.4) is 0 Å². The summed E-state index contributed by atoms with van der Waals surface area (Å²) < 4.78 is 5.57. The molecule has 1 aromatic rings. The number of aliphatic hydroxyl groups excluding tert-OH is 1. The number of rotatable bonds is 8. The van der Waals surface area contributed by atoms with Crippen LogP contribution < -0.4 is 4.74 Å². The van der Waals surface area contributed by atoms with Gasteiger partial charge in [-0.2, -0.15) is 0 Å². The Bertz CT molecular complexity index is 401. The average molecular weight is 279 g/mol. The topological polar surface area (TPSA) is 49.8 Å². The third kappa shape index (κ3) is 4.85. The number of aliphatic hydroxyl groups is 1. The first kappa shape index (κ1) is 16.5. The number of amides is 1. The van der Waals surface area contributed by atoms with Gasteiger partial charge in [-0.25, -0.2) is 0 Å². The Morgan fingerprint density at radius 1 is 1.30 bits per heavy atom. The third-order valence-corrected chi connectivity index (χ3v) is 3.09. The minimum atomic E-state index is -0.0610. The van der Waals surface area contributed by atoms with Crippen molar-refractivity contribution in [2.75, 3.05) is 19.8 Å². The van der Waals surface area contributed by atoms with Crippen molar-refractivity contribution < 1.29 is 14.6 Å². The van der Waals surface area contributed by atoms with Crippen molar-refractivity contribution in [1.82, 2.24) is 4.90 Å². The van der Waals surface area contributed by atoms with E-state index in [2.05, 4.69) is 6.92 Å². The van der Waals surface area contributed by atoms with Gasteiger partial charge < -0.3 is 14.7 Å². The molecule has 1 amide bonds. The highest BCUT2D eigenvalue weighted by atomic mass is 16.5. The molecule has 0 aromatic heterocycles. The predicted octanol–water partition coefficient (Wildman–Crippen LogP) is 2.71. The fourth-order valence-corrected chi connectivity index (χ4v) is 1.90. The van der Waals surface area contributed by atoms with Crippen LogP contribution in [0, 0.1) is 0 Å². The maximum atomic E-state index is 12.3. The molecule has 0 fully saturated rings. The Kier molecular flexibility index (Phi) is 7.09. The van der Waals surface area contributed by atoms with Crippen LogP contribution in [-0.4, -0.2) is 41.7 Å². The molecule has 0 saturated carbocycles. The summed E-state index contributed by atoms with van der Waals surface area (Å²) in [5.41, 5.74) is 0.620. The highest BCUT2D eigenvalue weighted by Gasteiger charge is 2.17. The first-order chi connectivity index (χ1) is 9.60. The molecule has 1 aromatic carbocycles. The summed E-state index contributed by atoms with van der Waals surface area (Å²) in [6, 6.07) is 7.25. The molecule has 4 nitrogen and oxygen atoms in total. The van der Waals surface area contributed by atoms with E-state index in [0.717, 1.165) is 18.6 Å². The summed E-state index contributed by atoms with van der Waals surface area (Å²) in [4.78, 5) is 14.0. The second kappa shape index (κ2) is 8.59. The van der Waals surface area contributed by atoms with Crippen molar-refractivity contribution in [3.05, 3.63) is 29.8 Å². The SMILES string of the molecule is CCCCOc1ccc(C(=O)N(CCO)C(C)C)cc1. The molecule has 4 heteroatoms. The Labute approximate surface area is 121 Å². The van der Waals surface area contributed by atoms with Gasteiger partial charge in [0.05, 0.1) is 13.2 Å². The Morgan fingerprint density at radius 3 is 2.45 bits per heavy atom. The van der Waals surface area contributed by atoms with E-state index in [1.807, 2.05) is 26.0 Å². The van der Waals surface area contributed by atoms with Crippen LogP contribution in [0.4, 0.5) is 0 Å². The second-order valence-electron chi connectivity index (χ2n) is 5.04. The normalized spacial score (nSPS) is 10.7. The Balaban J connectivity index is 2.68. The van der Waals surface area contributed by atoms with Crippen LogP contribution in [0.25, 0.3) is 0 Å². The smallest absolute Gasteiger partial charge is 0.254 e. The Morgan fingerprint density at radius 2 is 1.95 bits per heavy atom. The van der Waals surface area contributed by atoms with Gasteiger partial charge in [-0.3, -0.25) is 4.79 Å². The lowest BCUT2D eigenvalue weighted by molar-refractivity contribution is 0.0665. The molecule has 0 aliphatic heterocycles. The van der Waals surface area contributed by atoms with Gasteiger partial charge in [0.1, 0.15) is 5.75 Å². The second-order valence-corrected chi connectivity index (χ2v) is 5.04. The van der Waals surface area contributed by atoms with E-state index < -0.39 is 0 Å². The zero-order valence-electron chi connectivity index (χ0n) is 12.6. The van der Waals surface area contributed by atoms with Gasteiger partial charge in [-0.1, -0.05) is 13.3 Å². The third-order valence-electron chi connectivity index (χ3n) is 3.09. The zero-order chi connectivity index (χ0) is 15.0. The summed E-state index contributed by atoms with van der Waals surface area (Å²) in [6.45, 7) is 7.03. The van der Waals surface area contributed by atoms with Crippen molar-refractivity contribution in [3.63, 3.8) is 0 Å². The van der Waals surface area contributed by atoms with E-state index in [4.69, 9.17) is 9.84 Å². The molecular weight excluding hydrogens is 254 g/mol. The number of ether oxygens (including phenoxy) is 1. The molecule has 0 radical (unpaired) electrons. The fraction of sp³-hybridized carbons (Fsp3) is 0.562. The van der Waals surface area contributed by atoms with Gasteiger partial charge in [-0.15, -0.1) is 0 Å². The molecule has 1 rings (SSSR count). The van der Waals surface area contributed by atoms with E-state index in [-0.39, 0.29) is 18.6 Å². The van der Waals surface area contributed by atoms with E-state index in [9.17, 15) is 4.79 Å². The highest BCUT2D eigenvalue weighted by molar-refractivity contribution is 5.94. The molecule has 0 spiro atoms. The standard InChI is InChI=1S/C16H25NO3/c1-4-5-12-20-15-8-6-14(7-9-15)16(19)17(10-11-18)13(2)3/h6-9,13,18H,4-5,10-12H2,1-3H3. The quantitative estimate of drug-likeness (QED) is 0.744. The van der Waals surface area contributed by atoms with E-state index in [1.165, 1.54) is 0 Å². The summed E-state index contributed by atoms with van der Waals surface area (Å²) in [6.07, 6.45) is 2.12. The van der Waals surface area contributed by atoms with Crippen molar-refractivity contribution in [1.29, 1.82) is 0 Å². The molecular formula is C16H25NO3. The van der Waals surface area contributed by atoms with Crippen molar-refractivity contribution in [2.24, 2.45) is 0 Å². The van der Waals surface area contributed by atoms with E-state index >= 15 is 0 Å². The minimum absolute atomic E-state index is 0.0257. The lowest BCUT2D eigenvalue weighted by Gasteiger charge is -2.26. The van der Waals surface area contributed by atoms with Crippen LogP contribution in [0.15, 0.2) is 24.3 Å². The molecule has 0 heterocycles. The van der Waals surface area contributed by atoms with E-state index in [0.29, 0.717) is 18.7 Å². The Hall–Kier alpha value is -1.55. The number of benzene rings is 1. The molecule has 0 bridgehead atoms. The van der Waals surface area contributed by atoms with Crippen LogP contribution in [0.2, 0.25) is 0 Å². The summed E-state index contributed by atoms with van der Waals surface area (Å²) in [7, 11) is 0. The predicted molar refractivity (Wildman–Crippen MR) is 80.1 cm³/mol. The fourth-order valence-electron chi connectivity index (χ4n) is 1.90. The molecule has 112 valence electrons. The lowest BCUT2D eigenvalue weighted by Crippen LogP contribution is -2.38. The number of hydrogen-bond acceptors (Lipinski definition) is 3. The molecule has 0 saturated heterocycles. The van der Waals surface area contributed by atoms with Crippen LogP contribution in [0.5, 0.6) is 5.75 Å². The molecule has 0 unspecified atom stereocenters. The molecule has 0 aliphatic rings. The highest BCUT2D eigenvalue weighted by Crippen LogP contribution is 2.15. The number of nitrogens with zero attached hydrogens (tertiary/aromatic N) is 1. The van der Waals surface area contributed by atoms with Crippen LogP contribution in [-0.2, 0) is 0 Å². The van der Waals surface area contributed by atoms with Gasteiger partial charge in [0.25, 0.3) is 5.91 Å². The molecule has 1 N–H and O–H groups in total. The number of unbranched alkanes of at least 4 members (excludes halogenated alkanes) is 1. The number of hydrogen-bond donors (Lipinski definition) is 1. The number of carbonyl (C=O) groups is 1. The largest absolute Gasteiger partial charge is 0.494 e. The van der Waals surface area contributed by atoms with Gasteiger partial charge in [0.15, 0.2) is 0 Å². The monoisotopic (exact) mass is 279 g/mol. The minimum Gasteiger partial charge on any atom is -0.494 e. The zero-order valence-corrected chi connectivity index (χ0v) is 12.6. The average Bonchev–Trinajstić information content (AvgIpc) is 2.45.